The Kier molecular flexibility index (Phi) is 5.36. The fourth-order valence-corrected chi connectivity index (χ4v) is 0.443. The maximum Gasteiger partial charge on any atom is 0.229 e. The van der Waals surface area contributed by atoms with Gasteiger partial charge in [-0.1, -0.05) is 0 Å². The van der Waals surface area contributed by atoms with Gasteiger partial charge in [0.2, 0.25) is 13.1 Å². The second kappa shape index (κ2) is 6.03. The smallest absolute Gasteiger partial charge is 0.229 e. The molecule has 1 N–H and O–H groups in total. The quantitative estimate of drug-likeness (QED) is 0.454. The van der Waals surface area contributed by atoms with Crippen molar-refractivity contribution < 1.29 is 5.21 Å². The van der Waals surface area contributed by atoms with E-state index in [4.69, 9.17) is 18.4 Å². The molecule has 0 aromatic heterocycles. The molecule has 4 nitrogen and oxygen atoms in total. The third kappa shape index (κ3) is 5.04. The molecule has 0 aromatic carbocycles. The van der Waals surface area contributed by atoms with Crippen molar-refractivity contribution in [3.63, 3.8) is 0 Å². The standard InChI is InChI=1S/C6H9N3O/c1-7-3-5-9(10)6-4-8-2/h10H,3-6H2. The van der Waals surface area contributed by atoms with E-state index < -0.39 is 0 Å². The van der Waals surface area contributed by atoms with E-state index in [0.717, 1.165) is 5.06 Å². The SMILES string of the molecule is [C-]#[N+]CCN(O)CC[N+]#[C-]. The van der Waals surface area contributed by atoms with E-state index >= 15 is 0 Å². The normalized spacial score (nSPS) is 8.80. The minimum Gasteiger partial charge on any atom is -0.315 e. The highest BCUT2D eigenvalue weighted by atomic mass is 16.5. The Hall–Kier alpha value is -1.10. The first-order chi connectivity index (χ1) is 4.81. The highest BCUT2D eigenvalue weighted by molar-refractivity contribution is 4.64. The average Bonchev–Trinajstić information content (AvgIpc) is 1.97. The largest absolute Gasteiger partial charge is 0.315 e. The van der Waals surface area contributed by atoms with E-state index in [1.807, 2.05) is 0 Å². The van der Waals surface area contributed by atoms with Crippen LogP contribution in [0.4, 0.5) is 0 Å². The van der Waals surface area contributed by atoms with Crippen molar-refractivity contribution in [2.75, 3.05) is 26.2 Å². The second-order valence-corrected chi connectivity index (χ2v) is 1.72. The van der Waals surface area contributed by atoms with Crippen molar-refractivity contribution in [3.8, 4) is 0 Å². The lowest BCUT2D eigenvalue weighted by Gasteiger charge is -2.05. The predicted octanol–water partition coefficient (Wildman–Crippen LogP) is 0.516. The van der Waals surface area contributed by atoms with Crippen LogP contribution in [0.25, 0.3) is 9.69 Å². The molecule has 0 saturated carbocycles. The summed E-state index contributed by atoms with van der Waals surface area (Å²) in [6.07, 6.45) is 0. The first kappa shape index (κ1) is 8.90. The van der Waals surface area contributed by atoms with Gasteiger partial charge in [-0.15, -0.1) is 0 Å². The second-order valence-electron chi connectivity index (χ2n) is 1.72. The van der Waals surface area contributed by atoms with Crippen LogP contribution in [0.3, 0.4) is 0 Å². The van der Waals surface area contributed by atoms with E-state index in [-0.39, 0.29) is 13.1 Å². The molecule has 0 spiro atoms. The fraction of sp³-hybridized carbons (Fsp3) is 0.667. The number of rotatable bonds is 4. The van der Waals surface area contributed by atoms with Gasteiger partial charge < -0.3 is 14.9 Å². The number of hydrogen-bond donors (Lipinski definition) is 1. The predicted molar refractivity (Wildman–Crippen MR) is 36.3 cm³/mol. The van der Waals surface area contributed by atoms with Crippen molar-refractivity contribution in [2.24, 2.45) is 0 Å². The zero-order chi connectivity index (χ0) is 7.82. The van der Waals surface area contributed by atoms with Gasteiger partial charge in [0.15, 0.2) is 0 Å². The van der Waals surface area contributed by atoms with Gasteiger partial charge in [-0.05, 0) is 0 Å². The lowest BCUT2D eigenvalue weighted by molar-refractivity contribution is -0.0822. The molecule has 0 saturated heterocycles. The molecule has 0 aliphatic heterocycles. The van der Waals surface area contributed by atoms with Crippen molar-refractivity contribution in [1.29, 1.82) is 0 Å². The topological polar surface area (TPSA) is 32.2 Å². The summed E-state index contributed by atoms with van der Waals surface area (Å²) in [7, 11) is 0. The van der Waals surface area contributed by atoms with Gasteiger partial charge in [-0.3, -0.25) is 0 Å². The van der Waals surface area contributed by atoms with Crippen LogP contribution in [-0.4, -0.2) is 36.4 Å². The van der Waals surface area contributed by atoms with Gasteiger partial charge in [0.1, 0.15) is 0 Å². The number of hydroxylamine groups is 2. The average molecular weight is 139 g/mol. The summed E-state index contributed by atoms with van der Waals surface area (Å²) in [4.78, 5) is 6.11. The minimum atomic E-state index is 0.286. The Labute approximate surface area is 60.3 Å². The monoisotopic (exact) mass is 139 g/mol. The number of nitrogens with zero attached hydrogens (tertiary/aromatic N) is 3. The van der Waals surface area contributed by atoms with Crippen molar-refractivity contribution >= 4 is 0 Å². The van der Waals surface area contributed by atoms with Crippen LogP contribution < -0.4 is 0 Å². The summed E-state index contributed by atoms with van der Waals surface area (Å²) in [6, 6.07) is 0. The number of hydrogen-bond acceptors (Lipinski definition) is 2. The summed E-state index contributed by atoms with van der Waals surface area (Å²) in [5.74, 6) is 0. The zero-order valence-corrected chi connectivity index (χ0v) is 5.62. The first-order valence-electron chi connectivity index (χ1n) is 2.91. The maximum absolute atomic E-state index is 8.86. The van der Waals surface area contributed by atoms with Gasteiger partial charge in [0.25, 0.3) is 0 Å². The van der Waals surface area contributed by atoms with E-state index in [1.54, 1.807) is 0 Å². The van der Waals surface area contributed by atoms with Crippen LogP contribution in [0, 0.1) is 13.1 Å². The van der Waals surface area contributed by atoms with E-state index in [1.165, 1.54) is 0 Å². The van der Waals surface area contributed by atoms with E-state index in [0.29, 0.717) is 13.1 Å². The molecular weight excluding hydrogens is 130 g/mol. The molecule has 0 atom stereocenters. The van der Waals surface area contributed by atoms with Gasteiger partial charge in [0, 0.05) is 0 Å². The van der Waals surface area contributed by atoms with E-state index in [2.05, 4.69) is 9.69 Å². The third-order valence-corrected chi connectivity index (χ3v) is 0.940. The molecule has 54 valence electrons. The molecule has 0 rings (SSSR count). The Balaban J connectivity index is 3.20. The molecule has 4 heteroatoms. The summed E-state index contributed by atoms with van der Waals surface area (Å²) >= 11 is 0. The molecule has 0 amide bonds. The Morgan fingerprint density at radius 2 is 1.50 bits per heavy atom. The van der Waals surface area contributed by atoms with Crippen molar-refractivity contribution in [2.45, 2.75) is 0 Å². The zero-order valence-electron chi connectivity index (χ0n) is 5.62. The van der Waals surface area contributed by atoms with Crippen LogP contribution in [0.2, 0.25) is 0 Å². The molecule has 0 bridgehead atoms. The summed E-state index contributed by atoms with van der Waals surface area (Å²) < 4.78 is 0. The molecule has 0 unspecified atom stereocenters. The van der Waals surface area contributed by atoms with Gasteiger partial charge in [-0.25, -0.2) is 13.1 Å². The van der Waals surface area contributed by atoms with E-state index in [9.17, 15) is 0 Å². The Bertz CT molecular complexity index is 137. The maximum atomic E-state index is 8.86. The lowest BCUT2D eigenvalue weighted by atomic mass is 10.5. The van der Waals surface area contributed by atoms with Gasteiger partial charge in [0.05, 0.1) is 13.1 Å². The molecule has 0 aromatic rings. The molecule has 0 heterocycles. The van der Waals surface area contributed by atoms with Gasteiger partial charge in [-0.2, -0.15) is 5.06 Å². The van der Waals surface area contributed by atoms with Crippen molar-refractivity contribution in [3.05, 3.63) is 22.8 Å². The summed E-state index contributed by atoms with van der Waals surface area (Å²) in [5.41, 5.74) is 0. The van der Waals surface area contributed by atoms with Crippen LogP contribution in [-0.2, 0) is 0 Å². The van der Waals surface area contributed by atoms with Crippen LogP contribution >= 0.6 is 0 Å². The Morgan fingerprint density at radius 1 is 1.10 bits per heavy atom. The van der Waals surface area contributed by atoms with Gasteiger partial charge >= 0.3 is 0 Å². The third-order valence-electron chi connectivity index (χ3n) is 0.940. The van der Waals surface area contributed by atoms with Crippen LogP contribution in [0.1, 0.15) is 0 Å². The molecule has 10 heavy (non-hydrogen) atoms. The summed E-state index contributed by atoms with van der Waals surface area (Å²) in [5, 5.41) is 9.85. The molecular formula is C6H9N3O. The highest BCUT2D eigenvalue weighted by Crippen LogP contribution is 1.81. The first-order valence-corrected chi connectivity index (χ1v) is 2.91. The Morgan fingerprint density at radius 3 is 1.80 bits per heavy atom. The molecule has 0 aliphatic rings. The van der Waals surface area contributed by atoms with Crippen molar-refractivity contribution in [1.82, 2.24) is 5.06 Å². The molecule has 0 aliphatic carbocycles. The molecule has 0 radical (unpaired) electrons. The minimum absolute atomic E-state index is 0.286. The van der Waals surface area contributed by atoms with Crippen LogP contribution in [0.15, 0.2) is 0 Å². The highest BCUT2D eigenvalue weighted by Gasteiger charge is 2.01. The van der Waals surface area contributed by atoms with Crippen LogP contribution in [0.5, 0.6) is 0 Å². The lowest BCUT2D eigenvalue weighted by Crippen LogP contribution is -2.24. The fourth-order valence-electron chi connectivity index (χ4n) is 0.443. The molecule has 0 fully saturated rings. The summed E-state index contributed by atoms with van der Waals surface area (Å²) in [6.45, 7) is 14.0.